The third kappa shape index (κ3) is 7.46. The van der Waals surface area contributed by atoms with Gasteiger partial charge in [-0.3, -0.25) is 0 Å². The van der Waals surface area contributed by atoms with Crippen molar-refractivity contribution in [2.24, 2.45) is 0 Å². The Kier molecular flexibility index (Phi) is 11.4. The van der Waals surface area contributed by atoms with Crippen LogP contribution in [0.5, 0.6) is 0 Å². The Labute approximate surface area is 249 Å². The summed E-state index contributed by atoms with van der Waals surface area (Å²) < 4.78 is 8.08. The molecule has 4 rings (SSSR count). The van der Waals surface area contributed by atoms with Gasteiger partial charge in [0, 0.05) is 11.1 Å². The lowest BCUT2D eigenvalue weighted by molar-refractivity contribution is 1.60. The van der Waals surface area contributed by atoms with Gasteiger partial charge in [-0.25, -0.2) is 0 Å². The molecular weight excluding hydrogens is 593 g/mol. The van der Waals surface area contributed by atoms with Crippen molar-refractivity contribution in [1.29, 1.82) is 0 Å². The van der Waals surface area contributed by atoms with Gasteiger partial charge in [-0.1, -0.05) is 95.3 Å². The van der Waals surface area contributed by atoms with Crippen LogP contribution in [0.3, 0.4) is 0 Å². The standard InChI is InChI=1S/C28H22S8/c1-29-25-26(30-2)34-23(33-25)17-21-15-9-7-13-19(21)11-5-6-12-20-14-8-10-16-22(20)18-24-35-27(31-3)28(32-4)36-24/h7-10,13-18H,1-4H3. The zero-order valence-corrected chi connectivity index (χ0v) is 26.6. The van der Waals surface area contributed by atoms with Crippen LogP contribution in [0.25, 0.3) is 12.2 Å². The van der Waals surface area contributed by atoms with Crippen LogP contribution in [0.2, 0.25) is 0 Å². The molecule has 2 aliphatic rings. The Morgan fingerprint density at radius 1 is 0.528 bits per heavy atom. The van der Waals surface area contributed by atoms with Crippen LogP contribution in [-0.4, -0.2) is 25.0 Å². The quantitative estimate of drug-likeness (QED) is 0.291. The third-order valence-electron chi connectivity index (χ3n) is 4.77. The fraction of sp³-hybridized carbons (Fsp3) is 0.143. The molecule has 2 aliphatic heterocycles. The van der Waals surface area contributed by atoms with E-state index in [0.29, 0.717) is 0 Å². The fourth-order valence-corrected chi connectivity index (χ4v) is 13.0. The van der Waals surface area contributed by atoms with E-state index in [1.165, 1.54) is 25.4 Å². The monoisotopic (exact) mass is 614 g/mol. The Bertz CT molecular complexity index is 1250. The lowest BCUT2D eigenvalue weighted by atomic mass is 10.1. The average Bonchev–Trinajstić information content (AvgIpc) is 3.51. The van der Waals surface area contributed by atoms with E-state index in [4.69, 9.17) is 0 Å². The molecule has 2 aromatic rings. The summed E-state index contributed by atoms with van der Waals surface area (Å²) in [5, 5.41) is 0. The van der Waals surface area contributed by atoms with E-state index in [0.717, 1.165) is 22.3 Å². The van der Waals surface area contributed by atoms with Crippen molar-refractivity contribution < 1.29 is 0 Å². The fourth-order valence-electron chi connectivity index (χ4n) is 3.12. The molecule has 0 radical (unpaired) electrons. The van der Waals surface area contributed by atoms with Crippen LogP contribution in [0.1, 0.15) is 22.3 Å². The molecule has 2 heterocycles. The zero-order chi connectivity index (χ0) is 25.3. The van der Waals surface area contributed by atoms with Crippen LogP contribution in [0.4, 0.5) is 0 Å². The molecule has 0 aromatic heterocycles. The normalized spacial score (nSPS) is 15.0. The van der Waals surface area contributed by atoms with E-state index in [1.807, 2.05) is 106 Å². The molecule has 182 valence electrons. The van der Waals surface area contributed by atoms with Crippen LogP contribution in [0.15, 0.2) is 74.0 Å². The van der Waals surface area contributed by atoms with E-state index >= 15 is 0 Å². The molecule has 2 aromatic carbocycles. The van der Waals surface area contributed by atoms with Crippen molar-refractivity contribution in [2.75, 3.05) is 25.0 Å². The van der Waals surface area contributed by atoms with Crippen LogP contribution in [0, 0.1) is 23.7 Å². The smallest absolute Gasteiger partial charge is 0.0657 e. The zero-order valence-electron chi connectivity index (χ0n) is 20.0. The molecule has 0 spiro atoms. The van der Waals surface area contributed by atoms with Crippen molar-refractivity contribution in [3.05, 3.63) is 96.2 Å². The minimum absolute atomic E-state index is 0.998. The summed E-state index contributed by atoms with van der Waals surface area (Å²) in [6.07, 6.45) is 13.0. The lowest BCUT2D eigenvalue weighted by Gasteiger charge is -2.01. The lowest BCUT2D eigenvalue weighted by Crippen LogP contribution is -1.82. The highest BCUT2D eigenvalue weighted by molar-refractivity contribution is 8.41. The first-order chi connectivity index (χ1) is 17.6. The summed E-state index contributed by atoms with van der Waals surface area (Å²) in [7, 11) is 0. The first-order valence-corrected chi connectivity index (χ1v) is 18.8. The van der Waals surface area contributed by atoms with Crippen molar-refractivity contribution in [3.8, 4) is 23.7 Å². The van der Waals surface area contributed by atoms with Crippen molar-refractivity contribution in [2.45, 2.75) is 0 Å². The van der Waals surface area contributed by atoms with Gasteiger partial charge < -0.3 is 0 Å². The van der Waals surface area contributed by atoms with E-state index in [9.17, 15) is 0 Å². The maximum atomic E-state index is 3.28. The van der Waals surface area contributed by atoms with Gasteiger partial charge in [0.1, 0.15) is 0 Å². The SMILES string of the molecule is CSC1=C(SC)SC(=Cc2ccccc2C#CC#Cc2ccccc2C=C2SC(SC)=C(SC)S2)S1. The number of hydrogen-bond donors (Lipinski definition) is 0. The minimum atomic E-state index is 0.998. The van der Waals surface area contributed by atoms with E-state index in [1.54, 1.807) is 0 Å². The summed E-state index contributed by atoms with van der Waals surface area (Å²) in [6.45, 7) is 0. The van der Waals surface area contributed by atoms with Gasteiger partial charge >= 0.3 is 0 Å². The second kappa shape index (κ2) is 14.5. The average molecular weight is 615 g/mol. The van der Waals surface area contributed by atoms with Crippen molar-refractivity contribution in [3.63, 3.8) is 0 Å². The molecule has 8 heteroatoms. The molecule has 0 unspecified atom stereocenters. The highest BCUT2D eigenvalue weighted by atomic mass is 32.3. The Hall–Kier alpha value is -0.680. The highest BCUT2D eigenvalue weighted by Crippen LogP contribution is 2.57. The molecule has 0 saturated carbocycles. The van der Waals surface area contributed by atoms with E-state index in [2.05, 4.69) is 97.3 Å². The molecule has 0 fully saturated rings. The largest absolute Gasteiger partial charge is 0.121 e. The second-order valence-electron chi connectivity index (χ2n) is 6.98. The van der Waals surface area contributed by atoms with Gasteiger partial charge in [0.25, 0.3) is 0 Å². The summed E-state index contributed by atoms with van der Waals surface area (Å²) >= 11 is 14.6. The van der Waals surface area contributed by atoms with E-state index in [-0.39, 0.29) is 0 Å². The van der Waals surface area contributed by atoms with Gasteiger partial charge in [-0.15, -0.1) is 47.0 Å². The topological polar surface area (TPSA) is 0 Å². The minimum Gasteiger partial charge on any atom is -0.121 e. The molecule has 0 atom stereocenters. The molecule has 0 nitrogen and oxygen atoms in total. The summed E-state index contributed by atoms with van der Waals surface area (Å²) in [4.78, 5) is 0. The third-order valence-corrected chi connectivity index (χ3v) is 14.9. The van der Waals surface area contributed by atoms with Crippen LogP contribution < -0.4 is 0 Å². The summed E-state index contributed by atoms with van der Waals surface area (Å²) in [5.74, 6) is 12.7. The Morgan fingerprint density at radius 3 is 1.19 bits per heavy atom. The highest BCUT2D eigenvalue weighted by Gasteiger charge is 2.21. The molecule has 0 amide bonds. The van der Waals surface area contributed by atoms with Crippen molar-refractivity contribution in [1.82, 2.24) is 0 Å². The second-order valence-corrected chi connectivity index (χ2v) is 16.0. The predicted octanol–water partition coefficient (Wildman–Crippen LogP) is 10.4. The summed E-state index contributed by atoms with van der Waals surface area (Å²) in [6, 6.07) is 16.6. The number of rotatable bonds is 6. The van der Waals surface area contributed by atoms with Gasteiger partial charge in [-0.2, -0.15) is 0 Å². The molecule has 0 aliphatic carbocycles. The van der Waals surface area contributed by atoms with Crippen molar-refractivity contribution >= 4 is 106 Å². The molecule has 36 heavy (non-hydrogen) atoms. The number of thioether (sulfide) groups is 8. The maximum Gasteiger partial charge on any atom is 0.0657 e. The first-order valence-electron chi connectivity index (χ1n) is 10.6. The molecule has 0 N–H and O–H groups in total. The Morgan fingerprint density at radius 2 is 0.861 bits per heavy atom. The van der Waals surface area contributed by atoms with Gasteiger partial charge in [-0.05, 0) is 72.3 Å². The van der Waals surface area contributed by atoms with Gasteiger partial charge in [0.05, 0.1) is 25.4 Å². The predicted molar refractivity (Wildman–Crippen MR) is 181 cm³/mol. The van der Waals surface area contributed by atoms with Gasteiger partial charge in [0.15, 0.2) is 0 Å². The molecule has 0 bridgehead atoms. The Balaban J connectivity index is 1.52. The maximum absolute atomic E-state index is 3.28. The molecular formula is C28H22S8. The number of benzene rings is 2. The van der Waals surface area contributed by atoms with Crippen LogP contribution in [-0.2, 0) is 0 Å². The van der Waals surface area contributed by atoms with E-state index < -0.39 is 0 Å². The van der Waals surface area contributed by atoms with Crippen LogP contribution >= 0.6 is 94.1 Å². The number of hydrogen-bond acceptors (Lipinski definition) is 8. The first kappa shape index (κ1) is 28.3. The summed E-state index contributed by atoms with van der Waals surface area (Å²) in [5.41, 5.74) is 4.26. The van der Waals surface area contributed by atoms with Gasteiger partial charge in [0.2, 0.25) is 0 Å². The molecule has 0 saturated heterocycles.